The van der Waals surface area contributed by atoms with Crippen molar-refractivity contribution in [2.24, 2.45) is 0 Å². The standard InChI is InChI=1S/C24H16F4O3/c1-2-15-3-5-16(6-4-15)7-8-17-9-11-18(12-10-17)23(29)30-19-13-20(25)22(21(26)14-19)31-24(27)28/h2-14,24H,1H2/b8-7+. The summed E-state index contributed by atoms with van der Waals surface area (Å²) in [6.45, 7) is 0.308. The molecule has 3 rings (SSSR count). The van der Waals surface area contributed by atoms with Gasteiger partial charge in [0.2, 0.25) is 0 Å². The monoisotopic (exact) mass is 428 g/mol. The third-order valence-electron chi connectivity index (χ3n) is 4.18. The molecule has 0 bridgehead atoms. The second-order valence-corrected chi connectivity index (χ2v) is 6.31. The van der Waals surface area contributed by atoms with Gasteiger partial charge >= 0.3 is 12.6 Å². The van der Waals surface area contributed by atoms with Crippen molar-refractivity contribution in [2.45, 2.75) is 6.61 Å². The summed E-state index contributed by atoms with van der Waals surface area (Å²) in [7, 11) is 0. The van der Waals surface area contributed by atoms with E-state index in [1.165, 1.54) is 12.1 Å². The minimum atomic E-state index is -3.39. The van der Waals surface area contributed by atoms with Gasteiger partial charge in [0.05, 0.1) is 5.56 Å². The van der Waals surface area contributed by atoms with Crippen molar-refractivity contribution < 1.29 is 31.8 Å². The molecular formula is C24H16F4O3. The highest BCUT2D eigenvalue weighted by Gasteiger charge is 2.19. The Hall–Kier alpha value is -3.87. The molecule has 0 heterocycles. The van der Waals surface area contributed by atoms with Crippen molar-refractivity contribution >= 4 is 24.2 Å². The van der Waals surface area contributed by atoms with Crippen LogP contribution in [0.5, 0.6) is 11.5 Å². The van der Waals surface area contributed by atoms with Crippen molar-refractivity contribution in [3.05, 3.63) is 101 Å². The fourth-order valence-electron chi connectivity index (χ4n) is 2.63. The quantitative estimate of drug-likeness (QED) is 0.184. The number of carbonyl (C=O) groups is 1. The van der Waals surface area contributed by atoms with E-state index < -0.39 is 35.7 Å². The predicted octanol–water partition coefficient (Wildman–Crippen LogP) is 6.60. The third-order valence-corrected chi connectivity index (χ3v) is 4.18. The average molecular weight is 428 g/mol. The molecule has 0 aromatic heterocycles. The zero-order valence-corrected chi connectivity index (χ0v) is 16.0. The molecule has 158 valence electrons. The average Bonchev–Trinajstić information content (AvgIpc) is 2.75. The second kappa shape index (κ2) is 9.75. The molecule has 0 unspecified atom stereocenters. The Kier molecular flexibility index (Phi) is 6.87. The van der Waals surface area contributed by atoms with Crippen molar-refractivity contribution in [3.63, 3.8) is 0 Å². The minimum absolute atomic E-state index is 0.140. The molecule has 0 amide bonds. The van der Waals surface area contributed by atoms with Gasteiger partial charge in [0.25, 0.3) is 0 Å². The maximum absolute atomic E-state index is 13.7. The van der Waals surface area contributed by atoms with Gasteiger partial charge in [-0.05, 0) is 28.8 Å². The SMILES string of the molecule is C=Cc1ccc(/C=C/c2ccc(C(=O)Oc3cc(F)c(OC(F)F)c(F)c3)cc2)cc1. The van der Waals surface area contributed by atoms with Crippen LogP contribution in [0.4, 0.5) is 17.6 Å². The fourth-order valence-corrected chi connectivity index (χ4v) is 2.63. The molecule has 31 heavy (non-hydrogen) atoms. The van der Waals surface area contributed by atoms with E-state index in [9.17, 15) is 22.4 Å². The normalized spacial score (nSPS) is 11.0. The van der Waals surface area contributed by atoms with Crippen LogP contribution < -0.4 is 9.47 Å². The number of alkyl halides is 2. The summed E-state index contributed by atoms with van der Waals surface area (Å²) < 4.78 is 60.5. The van der Waals surface area contributed by atoms with Gasteiger partial charge < -0.3 is 9.47 Å². The van der Waals surface area contributed by atoms with Gasteiger partial charge in [-0.25, -0.2) is 13.6 Å². The Morgan fingerprint density at radius 2 is 1.32 bits per heavy atom. The molecule has 0 saturated heterocycles. The van der Waals surface area contributed by atoms with Crippen molar-refractivity contribution in [2.75, 3.05) is 0 Å². The minimum Gasteiger partial charge on any atom is -0.429 e. The first-order valence-corrected chi connectivity index (χ1v) is 9.02. The highest BCUT2D eigenvalue weighted by Crippen LogP contribution is 2.28. The number of rotatable bonds is 7. The van der Waals surface area contributed by atoms with Crippen LogP contribution in [-0.4, -0.2) is 12.6 Å². The van der Waals surface area contributed by atoms with Crippen LogP contribution in [0.1, 0.15) is 27.0 Å². The number of hydrogen-bond donors (Lipinski definition) is 0. The lowest BCUT2D eigenvalue weighted by molar-refractivity contribution is -0.0547. The first-order chi connectivity index (χ1) is 14.9. The highest BCUT2D eigenvalue weighted by atomic mass is 19.3. The summed E-state index contributed by atoms with van der Waals surface area (Å²) in [6, 6.07) is 15.3. The van der Waals surface area contributed by atoms with E-state index >= 15 is 0 Å². The molecular weight excluding hydrogens is 412 g/mol. The Labute approximate surface area is 175 Å². The lowest BCUT2D eigenvalue weighted by Gasteiger charge is -2.09. The van der Waals surface area contributed by atoms with E-state index in [4.69, 9.17) is 4.74 Å². The van der Waals surface area contributed by atoms with E-state index in [0.717, 1.165) is 16.7 Å². The Balaban J connectivity index is 1.67. The molecule has 3 aromatic carbocycles. The first kappa shape index (κ1) is 21.8. The maximum Gasteiger partial charge on any atom is 0.387 e. The molecule has 0 radical (unpaired) electrons. The van der Waals surface area contributed by atoms with Crippen LogP contribution in [0.25, 0.3) is 18.2 Å². The molecule has 7 heteroatoms. The molecule has 0 atom stereocenters. The van der Waals surface area contributed by atoms with Crippen LogP contribution in [0.15, 0.2) is 67.2 Å². The van der Waals surface area contributed by atoms with E-state index in [2.05, 4.69) is 11.3 Å². The molecule has 3 aromatic rings. The molecule has 0 saturated carbocycles. The van der Waals surface area contributed by atoms with Gasteiger partial charge in [-0.15, -0.1) is 0 Å². The van der Waals surface area contributed by atoms with Crippen LogP contribution in [0, 0.1) is 11.6 Å². The largest absolute Gasteiger partial charge is 0.429 e. The summed E-state index contributed by atoms with van der Waals surface area (Å²) in [5, 5.41) is 0. The predicted molar refractivity (Wildman–Crippen MR) is 110 cm³/mol. The summed E-state index contributed by atoms with van der Waals surface area (Å²) in [4.78, 5) is 12.2. The van der Waals surface area contributed by atoms with Gasteiger partial charge in [-0.3, -0.25) is 0 Å². The van der Waals surface area contributed by atoms with Gasteiger partial charge in [-0.2, -0.15) is 8.78 Å². The van der Waals surface area contributed by atoms with Crippen molar-refractivity contribution in [3.8, 4) is 11.5 Å². The molecule has 3 nitrogen and oxygen atoms in total. The molecule has 0 fully saturated rings. The number of hydrogen-bond acceptors (Lipinski definition) is 3. The van der Waals surface area contributed by atoms with E-state index in [0.29, 0.717) is 12.1 Å². The van der Waals surface area contributed by atoms with Gasteiger partial charge in [0, 0.05) is 12.1 Å². The smallest absolute Gasteiger partial charge is 0.387 e. The van der Waals surface area contributed by atoms with Crippen LogP contribution in [0.2, 0.25) is 0 Å². The Morgan fingerprint density at radius 1 is 0.839 bits per heavy atom. The lowest BCUT2D eigenvalue weighted by atomic mass is 10.1. The lowest BCUT2D eigenvalue weighted by Crippen LogP contribution is -2.10. The van der Waals surface area contributed by atoms with Gasteiger partial charge in [0.1, 0.15) is 5.75 Å². The van der Waals surface area contributed by atoms with Crippen molar-refractivity contribution in [1.29, 1.82) is 0 Å². The number of ether oxygens (including phenoxy) is 2. The summed E-state index contributed by atoms with van der Waals surface area (Å²) in [6.07, 6.45) is 5.50. The van der Waals surface area contributed by atoms with Gasteiger partial charge in [0.15, 0.2) is 17.4 Å². The molecule has 0 aliphatic carbocycles. The summed E-state index contributed by atoms with van der Waals surface area (Å²) in [5.41, 5.74) is 2.95. The van der Waals surface area contributed by atoms with Crippen LogP contribution in [0.3, 0.4) is 0 Å². The fraction of sp³-hybridized carbons (Fsp3) is 0.0417. The molecule has 0 aliphatic heterocycles. The van der Waals surface area contributed by atoms with Crippen LogP contribution >= 0.6 is 0 Å². The Morgan fingerprint density at radius 3 is 1.81 bits per heavy atom. The first-order valence-electron chi connectivity index (χ1n) is 9.02. The highest BCUT2D eigenvalue weighted by molar-refractivity contribution is 5.91. The molecule has 0 aliphatic rings. The van der Waals surface area contributed by atoms with Crippen LogP contribution in [-0.2, 0) is 0 Å². The number of carbonyl (C=O) groups excluding carboxylic acids is 1. The second-order valence-electron chi connectivity index (χ2n) is 6.31. The van der Waals surface area contributed by atoms with Gasteiger partial charge in [-0.1, -0.05) is 61.2 Å². The Bertz CT molecular complexity index is 1080. The number of esters is 1. The third kappa shape index (κ3) is 5.82. The zero-order chi connectivity index (χ0) is 22.4. The van der Waals surface area contributed by atoms with E-state index in [-0.39, 0.29) is 5.56 Å². The zero-order valence-electron chi connectivity index (χ0n) is 16.0. The number of halogens is 4. The molecule has 0 spiro atoms. The number of benzene rings is 3. The van der Waals surface area contributed by atoms with Crippen molar-refractivity contribution in [1.82, 2.24) is 0 Å². The molecule has 0 N–H and O–H groups in total. The maximum atomic E-state index is 13.7. The van der Waals surface area contributed by atoms with E-state index in [1.807, 2.05) is 36.4 Å². The topological polar surface area (TPSA) is 35.5 Å². The summed E-state index contributed by atoms with van der Waals surface area (Å²) in [5.74, 6) is -5.41. The summed E-state index contributed by atoms with van der Waals surface area (Å²) >= 11 is 0. The van der Waals surface area contributed by atoms with E-state index in [1.54, 1.807) is 18.2 Å².